The van der Waals surface area contributed by atoms with E-state index < -0.39 is 12.0 Å². The van der Waals surface area contributed by atoms with Gasteiger partial charge in [-0.15, -0.1) is 5.10 Å². The van der Waals surface area contributed by atoms with E-state index in [1.165, 1.54) is 0 Å². The fraction of sp³-hybridized carbons (Fsp3) is 0.700. The summed E-state index contributed by atoms with van der Waals surface area (Å²) in [5.41, 5.74) is 0.769. The van der Waals surface area contributed by atoms with Crippen LogP contribution < -0.4 is 5.32 Å². The van der Waals surface area contributed by atoms with Crippen LogP contribution in [0, 0.1) is 0 Å². The Bertz CT molecular complexity index is 393. The van der Waals surface area contributed by atoms with Crippen LogP contribution in [0.15, 0.2) is 6.20 Å². The maximum absolute atomic E-state index is 10.8. The molecule has 1 aromatic heterocycles. The Hall–Kier alpha value is -1.47. The maximum atomic E-state index is 10.8. The minimum atomic E-state index is -0.817. The highest BCUT2D eigenvalue weighted by Crippen LogP contribution is 2.18. The Morgan fingerprint density at radius 3 is 3.24 bits per heavy atom. The Morgan fingerprint density at radius 2 is 2.59 bits per heavy atom. The third-order valence-corrected chi connectivity index (χ3v) is 2.79. The average Bonchev–Trinajstić information content (AvgIpc) is 2.94. The number of carboxylic acid groups (broad SMARTS) is 1. The number of aromatic nitrogens is 3. The largest absolute Gasteiger partial charge is 0.480 e. The van der Waals surface area contributed by atoms with Gasteiger partial charge in [0.25, 0.3) is 0 Å². The van der Waals surface area contributed by atoms with Crippen LogP contribution in [0.5, 0.6) is 0 Å². The van der Waals surface area contributed by atoms with Gasteiger partial charge in [0.05, 0.1) is 18.8 Å². The molecule has 94 valence electrons. The number of nitrogens with zero attached hydrogens (tertiary/aromatic N) is 3. The SMILES string of the molecule is CCOCc1cn(C2CNC(C(=O)O)C2)nn1. The summed E-state index contributed by atoms with van der Waals surface area (Å²) >= 11 is 0. The van der Waals surface area contributed by atoms with Crippen molar-refractivity contribution in [3.05, 3.63) is 11.9 Å². The molecule has 2 N–H and O–H groups in total. The lowest BCUT2D eigenvalue weighted by molar-refractivity contribution is -0.139. The van der Waals surface area contributed by atoms with Gasteiger partial charge in [-0.2, -0.15) is 0 Å². The third kappa shape index (κ3) is 2.80. The third-order valence-electron chi connectivity index (χ3n) is 2.79. The van der Waals surface area contributed by atoms with Crippen LogP contribution in [0.1, 0.15) is 25.1 Å². The van der Waals surface area contributed by atoms with E-state index in [1.54, 1.807) is 4.68 Å². The second-order valence-electron chi connectivity index (χ2n) is 4.02. The molecule has 2 atom stereocenters. The number of nitrogens with one attached hydrogen (secondary N) is 1. The van der Waals surface area contributed by atoms with Crippen molar-refractivity contribution in [1.82, 2.24) is 20.3 Å². The quantitative estimate of drug-likeness (QED) is 0.741. The summed E-state index contributed by atoms with van der Waals surface area (Å²) in [4.78, 5) is 10.8. The molecule has 1 fully saturated rings. The normalized spacial score (nSPS) is 24.1. The number of rotatable bonds is 5. The first-order chi connectivity index (χ1) is 8.20. The molecule has 1 aliphatic heterocycles. The molecular weight excluding hydrogens is 224 g/mol. The van der Waals surface area contributed by atoms with E-state index in [-0.39, 0.29) is 6.04 Å². The summed E-state index contributed by atoms with van der Waals surface area (Å²) in [6, 6.07) is -0.432. The highest BCUT2D eigenvalue weighted by molar-refractivity contribution is 5.73. The molecule has 1 aliphatic rings. The number of ether oxygens (including phenoxy) is 1. The van der Waals surface area contributed by atoms with Gasteiger partial charge in [-0.3, -0.25) is 4.79 Å². The standard InChI is InChI=1S/C10H16N4O3/c1-2-17-6-7-5-14(13-12-7)8-3-9(10(15)16)11-4-8/h5,8-9,11H,2-4,6H2,1H3,(H,15,16). The van der Waals surface area contributed by atoms with E-state index in [2.05, 4.69) is 15.6 Å². The minimum Gasteiger partial charge on any atom is -0.480 e. The Kier molecular flexibility index (Phi) is 3.70. The van der Waals surface area contributed by atoms with Crippen LogP contribution in [0.25, 0.3) is 0 Å². The van der Waals surface area contributed by atoms with Crippen LogP contribution in [0.4, 0.5) is 0 Å². The molecule has 2 rings (SSSR count). The Balaban J connectivity index is 1.94. The van der Waals surface area contributed by atoms with E-state index in [4.69, 9.17) is 9.84 Å². The van der Waals surface area contributed by atoms with Crippen LogP contribution in [-0.4, -0.2) is 45.3 Å². The minimum absolute atomic E-state index is 0.0546. The molecule has 0 spiro atoms. The van der Waals surface area contributed by atoms with Crippen molar-refractivity contribution in [3.63, 3.8) is 0 Å². The molecule has 0 aromatic carbocycles. The first kappa shape index (κ1) is 12.0. The zero-order valence-electron chi connectivity index (χ0n) is 9.67. The number of carboxylic acids is 1. The molecule has 7 heteroatoms. The van der Waals surface area contributed by atoms with Crippen LogP contribution in [0.3, 0.4) is 0 Å². The van der Waals surface area contributed by atoms with Gasteiger partial charge >= 0.3 is 5.97 Å². The molecule has 0 radical (unpaired) electrons. The molecule has 1 aromatic rings. The zero-order chi connectivity index (χ0) is 12.3. The van der Waals surface area contributed by atoms with Gasteiger partial charge in [0.1, 0.15) is 11.7 Å². The summed E-state index contributed by atoms with van der Waals surface area (Å²) < 4.78 is 6.94. The fourth-order valence-electron chi connectivity index (χ4n) is 1.87. The van der Waals surface area contributed by atoms with Crippen molar-refractivity contribution >= 4 is 5.97 Å². The van der Waals surface area contributed by atoms with Gasteiger partial charge < -0.3 is 15.2 Å². The van der Waals surface area contributed by atoms with Crippen LogP contribution in [-0.2, 0) is 16.1 Å². The van der Waals surface area contributed by atoms with E-state index >= 15 is 0 Å². The van der Waals surface area contributed by atoms with E-state index in [0.717, 1.165) is 5.69 Å². The summed E-state index contributed by atoms with van der Waals surface area (Å²) in [5.74, 6) is -0.817. The van der Waals surface area contributed by atoms with Crippen molar-refractivity contribution in [2.24, 2.45) is 0 Å². The van der Waals surface area contributed by atoms with Gasteiger partial charge in [0.15, 0.2) is 0 Å². The predicted molar refractivity (Wildman–Crippen MR) is 58.4 cm³/mol. The van der Waals surface area contributed by atoms with Crippen molar-refractivity contribution in [1.29, 1.82) is 0 Å². The molecule has 7 nitrogen and oxygen atoms in total. The van der Waals surface area contributed by atoms with Crippen LogP contribution in [0.2, 0.25) is 0 Å². The number of hydrogen-bond acceptors (Lipinski definition) is 5. The number of carbonyl (C=O) groups is 1. The molecule has 0 bridgehead atoms. The second-order valence-corrected chi connectivity index (χ2v) is 4.02. The number of aliphatic carboxylic acids is 1. The summed E-state index contributed by atoms with van der Waals surface area (Å²) in [6.45, 7) is 3.61. The predicted octanol–water partition coefficient (Wildman–Crippen LogP) is -0.198. The molecule has 2 heterocycles. The first-order valence-corrected chi connectivity index (χ1v) is 5.65. The van der Waals surface area contributed by atoms with Gasteiger partial charge in [0.2, 0.25) is 0 Å². The lowest BCUT2D eigenvalue weighted by atomic mass is 10.2. The van der Waals surface area contributed by atoms with Crippen molar-refractivity contribution in [2.75, 3.05) is 13.2 Å². The summed E-state index contributed by atoms with van der Waals surface area (Å²) in [7, 11) is 0. The Labute approximate surface area is 98.8 Å². The molecular formula is C10H16N4O3. The van der Waals surface area contributed by atoms with Gasteiger partial charge in [0, 0.05) is 13.2 Å². The summed E-state index contributed by atoms with van der Waals surface area (Å²) in [5, 5.41) is 19.8. The smallest absolute Gasteiger partial charge is 0.320 e. The summed E-state index contributed by atoms with van der Waals surface area (Å²) in [6.07, 6.45) is 2.35. The van der Waals surface area contributed by atoms with Gasteiger partial charge in [-0.05, 0) is 13.3 Å². The van der Waals surface area contributed by atoms with Gasteiger partial charge in [-0.1, -0.05) is 5.21 Å². The highest BCUT2D eigenvalue weighted by atomic mass is 16.5. The van der Waals surface area contributed by atoms with E-state index in [1.807, 2.05) is 13.1 Å². The maximum Gasteiger partial charge on any atom is 0.320 e. The van der Waals surface area contributed by atoms with Crippen molar-refractivity contribution < 1.29 is 14.6 Å². The number of hydrogen-bond donors (Lipinski definition) is 2. The zero-order valence-corrected chi connectivity index (χ0v) is 9.67. The van der Waals surface area contributed by atoms with Crippen molar-refractivity contribution in [2.45, 2.75) is 32.0 Å². The lowest BCUT2D eigenvalue weighted by Crippen LogP contribution is -2.29. The lowest BCUT2D eigenvalue weighted by Gasteiger charge is -2.06. The van der Waals surface area contributed by atoms with E-state index in [9.17, 15) is 4.79 Å². The average molecular weight is 240 g/mol. The van der Waals surface area contributed by atoms with Crippen LogP contribution >= 0.6 is 0 Å². The monoisotopic (exact) mass is 240 g/mol. The first-order valence-electron chi connectivity index (χ1n) is 5.65. The molecule has 2 unspecified atom stereocenters. The molecule has 0 saturated carbocycles. The van der Waals surface area contributed by atoms with E-state index in [0.29, 0.717) is 26.2 Å². The molecule has 0 amide bonds. The highest BCUT2D eigenvalue weighted by Gasteiger charge is 2.30. The van der Waals surface area contributed by atoms with Crippen molar-refractivity contribution in [3.8, 4) is 0 Å². The molecule has 1 saturated heterocycles. The topological polar surface area (TPSA) is 89.3 Å². The second kappa shape index (κ2) is 5.24. The fourth-order valence-corrected chi connectivity index (χ4v) is 1.87. The molecule has 17 heavy (non-hydrogen) atoms. The molecule has 0 aliphatic carbocycles. The van der Waals surface area contributed by atoms with Gasteiger partial charge in [-0.25, -0.2) is 4.68 Å². The Morgan fingerprint density at radius 1 is 1.76 bits per heavy atom.